The number of benzene rings is 2. The number of carboxylic acid groups (broad SMARTS) is 1. The van der Waals surface area contributed by atoms with Gasteiger partial charge in [0.25, 0.3) is 0 Å². The van der Waals surface area contributed by atoms with Gasteiger partial charge < -0.3 is 5.11 Å². The van der Waals surface area contributed by atoms with Crippen molar-refractivity contribution in [1.82, 2.24) is 0 Å². The van der Waals surface area contributed by atoms with Gasteiger partial charge in [-0.15, -0.1) is 0 Å². The van der Waals surface area contributed by atoms with Crippen LogP contribution in [0.5, 0.6) is 0 Å². The number of rotatable bonds is 3. The molecule has 0 saturated carbocycles. The highest BCUT2D eigenvalue weighted by atomic mass is 16.4. The Bertz CT molecular complexity index is 592. The van der Waals surface area contributed by atoms with Crippen LogP contribution < -0.4 is 0 Å². The minimum Gasteiger partial charge on any atom is -0.478 e. The zero-order valence-corrected chi connectivity index (χ0v) is 9.87. The lowest BCUT2D eigenvalue weighted by atomic mass is 10.1. The molecule has 0 aliphatic heterocycles. The molecule has 2 aromatic carbocycles. The van der Waals surface area contributed by atoms with Crippen molar-refractivity contribution in [3.05, 3.63) is 59.7 Å². The van der Waals surface area contributed by atoms with Gasteiger partial charge in [-0.3, -0.25) is 0 Å². The molecule has 0 heterocycles. The van der Waals surface area contributed by atoms with E-state index in [4.69, 9.17) is 5.11 Å². The number of azo groups is 1. The van der Waals surface area contributed by atoms with Gasteiger partial charge in [0.2, 0.25) is 0 Å². The van der Waals surface area contributed by atoms with E-state index in [0.29, 0.717) is 5.69 Å². The van der Waals surface area contributed by atoms with E-state index in [1.807, 2.05) is 37.3 Å². The van der Waals surface area contributed by atoms with E-state index in [0.717, 1.165) is 11.3 Å². The summed E-state index contributed by atoms with van der Waals surface area (Å²) in [6.07, 6.45) is 0. The Labute approximate surface area is 105 Å². The second kappa shape index (κ2) is 5.23. The van der Waals surface area contributed by atoms with Gasteiger partial charge in [-0.25, -0.2) is 4.79 Å². The zero-order valence-electron chi connectivity index (χ0n) is 9.87. The molecular weight excluding hydrogens is 228 g/mol. The summed E-state index contributed by atoms with van der Waals surface area (Å²) in [6, 6.07) is 14.1. The van der Waals surface area contributed by atoms with Crippen LogP contribution in [0.4, 0.5) is 11.4 Å². The maximum atomic E-state index is 10.8. The number of carbonyl (C=O) groups is 1. The summed E-state index contributed by atoms with van der Waals surface area (Å²) < 4.78 is 0. The van der Waals surface area contributed by atoms with Gasteiger partial charge >= 0.3 is 5.97 Å². The third-order valence-corrected chi connectivity index (χ3v) is 2.47. The fraction of sp³-hybridized carbons (Fsp3) is 0.0714. The fourth-order valence-electron chi connectivity index (χ4n) is 1.51. The molecule has 2 rings (SSSR count). The molecule has 0 amide bonds. The first-order valence-corrected chi connectivity index (χ1v) is 5.47. The van der Waals surface area contributed by atoms with Gasteiger partial charge in [0.05, 0.1) is 16.9 Å². The average Bonchev–Trinajstić information content (AvgIpc) is 2.38. The van der Waals surface area contributed by atoms with E-state index in [9.17, 15) is 4.79 Å². The molecular formula is C14H12N2O2. The number of hydrogen-bond donors (Lipinski definition) is 1. The van der Waals surface area contributed by atoms with Crippen molar-refractivity contribution in [3.63, 3.8) is 0 Å². The molecule has 0 atom stereocenters. The first kappa shape index (κ1) is 12.0. The molecule has 0 saturated heterocycles. The van der Waals surface area contributed by atoms with Crippen LogP contribution in [0.1, 0.15) is 15.9 Å². The molecule has 0 spiro atoms. The summed E-state index contributed by atoms with van der Waals surface area (Å²) in [5.41, 5.74) is 2.48. The summed E-state index contributed by atoms with van der Waals surface area (Å²) in [7, 11) is 0. The quantitative estimate of drug-likeness (QED) is 0.820. The maximum Gasteiger partial charge on any atom is 0.335 e. The van der Waals surface area contributed by atoms with E-state index < -0.39 is 5.97 Å². The monoisotopic (exact) mass is 240 g/mol. The molecule has 0 aliphatic rings. The number of aryl methyl sites for hydroxylation is 1. The molecule has 1 N–H and O–H groups in total. The number of nitrogens with zero attached hydrogens (tertiary/aromatic N) is 2. The molecule has 0 aromatic heterocycles. The number of aromatic carboxylic acids is 1. The summed E-state index contributed by atoms with van der Waals surface area (Å²) >= 11 is 0. The largest absolute Gasteiger partial charge is 0.478 e. The Morgan fingerprint density at radius 1 is 1.06 bits per heavy atom. The second-order valence-corrected chi connectivity index (χ2v) is 3.84. The lowest BCUT2D eigenvalue weighted by molar-refractivity contribution is 0.0697. The van der Waals surface area contributed by atoms with Crippen molar-refractivity contribution in [2.75, 3.05) is 0 Å². The van der Waals surface area contributed by atoms with Gasteiger partial charge in [-0.05, 0) is 42.8 Å². The van der Waals surface area contributed by atoms with Crippen LogP contribution in [0.3, 0.4) is 0 Å². The van der Waals surface area contributed by atoms with E-state index in [2.05, 4.69) is 10.2 Å². The Morgan fingerprint density at radius 2 is 1.78 bits per heavy atom. The van der Waals surface area contributed by atoms with E-state index >= 15 is 0 Å². The third-order valence-electron chi connectivity index (χ3n) is 2.47. The van der Waals surface area contributed by atoms with Crippen LogP contribution in [-0.2, 0) is 0 Å². The van der Waals surface area contributed by atoms with E-state index in [1.165, 1.54) is 6.07 Å². The number of carboxylic acids is 1. The van der Waals surface area contributed by atoms with Gasteiger partial charge in [0.15, 0.2) is 0 Å². The molecule has 0 bridgehead atoms. The van der Waals surface area contributed by atoms with Crippen LogP contribution in [0.2, 0.25) is 0 Å². The molecule has 0 radical (unpaired) electrons. The SMILES string of the molecule is Cc1cc(C(=O)O)ccc1N=Nc1ccccc1. The first-order chi connectivity index (χ1) is 8.66. The molecule has 4 nitrogen and oxygen atoms in total. The van der Waals surface area contributed by atoms with Crippen molar-refractivity contribution in [2.24, 2.45) is 10.2 Å². The van der Waals surface area contributed by atoms with Crippen LogP contribution in [0, 0.1) is 6.92 Å². The first-order valence-electron chi connectivity index (χ1n) is 5.47. The Morgan fingerprint density at radius 3 is 2.39 bits per heavy atom. The van der Waals surface area contributed by atoms with Crippen molar-refractivity contribution in [2.45, 2.75) is 6.92 Å². The fourth-order valence-corrected chi connectivity index (χ4v) is 1.51. The Balaban J connectivity index is 2.25. The summed E-state index contributed by atoms with van der Waals surface area (Å²) in [5, 5.41) is 17.1. The van der Waals surface area contributed by atoms with Crippen molar-refractivity contribution >= 4 is 17.3 Å². The Hall–Kier alpha value is -2.49. The minimum atomic E-state index is -0.940. The summed E-state index contributed by atoms with van der Waals surface area (Å²) in [6.45, 7) is 1.81. The van der Waals surface area contributed by atoms with Crippen molar-refractivity contribution in [1.29, 1.82) is 0 Å². The zero-order chi connectivity index (χ0) is 13.0. The molecule has 2 aromatic rings. The van der Waals surface area contributed by atoms with Crippen LogP contribution in [0.15, 0.2) is 58.8 Å². The van der Waals surface area contributed by atoms with E-state index in [1.54, 1.807) is 12.1 Å². The van der Waals surface area contributed by atoms with E-state index in [-0.39, 0.29) is 5.56 Å². The van der Waals surface area contributed by atoms with Crippen LogP contribution in [0.25, 0.3) is 0 Å². The second-order valence-electron chi connectivity index (χ2n) is 3.84. The van der Waals surface area contributed by atoms with Crippen molar-refractivity contribution in [3.8, 4) is 0 Å². The van der Waals surface area contributed by atoms with Gasteiger partial charge in [0, 0.05) is 0 Å². The smallest absolute Gasteiger partial charge is 0.335 e. The third kappa shape index (κ3) is 2.79. The molecule has 4 heteroatoms. The van der Waals surface area contributed by atoms with Crippen molar-refractivity contribution < 1.29 is 9.90 Å². The standard InChI is InChI=1S/C14H12N2O2/c1-10-9-11(14(17)18)7-8-13(10)16-15-12-5-3-2-4-6-12/h2-9H,1H3,(H,17,18). The summed E-state index contributed by atoms with van der Waals surface area (Å²) in [5.74, 6) is -0.940. The summed E-state index contributed by atoms with van der Waals surface area (Å²) in [4.78, 5) is 10.8. The predicted molar refractivity (Wildman–Crippen MR) is 68.8 cm³/mol. The minimum absolute atomic E-state index is 0.256. The topological polar surface area (TPSA) is 62.0 Å². The molecule has 18 heavy (non-hydrogen) atoms. The average molecular weight is 240 g/mol. The van der Waals surface area contributed by atoms with Crippen LogP contribution in [-0.4, -0.2) is 11.1 Å². The van der Waals surface area contributed by atoms with Gasteiger partial charge in [-0.1, -0.05) is 18.2 Å². The van der Waals surface area contributed by atoms with Crippen LogP contribution >= 0.6 is 0 Å². The normalized spacial score (nSPS) is 10.7. The lowest BCUT2D eigenvalue weighted by Crippen LogP contribution is -1.95. The Kier molecular flexibility index (Phi) is 3.48. The highest BCUT2D eigenvalue weighted by Gasteiger charge is 2.04. The highest BCUT2D eigenvalue weighted by molar-refractivity contribution is 5.88. The molecule has 0 unspecified atom stereocenters. The number of hydrogen-bond acceptors (Lipinski definition) is 3. The molecule has 90 valence electrons. The lowest BCUT2D eigenvalue weighted by Gasteiger charge is -2.00. The van der Waals surface area contributed by atoms with Gasteiger partial charge in [-0.2, -0.15) is 10.2 Å². The highest BCUT2D eigenvalue weighted by Crippen LogP contribution is 2.22. The molecule has 0 aliphatic carbocycles. The van der Waals surface area contributed by atoms with Gasteiger partial charge in [0.1, 0.15) is 0 Å². The predicted octanol–water partition coefficient (Wildman–Crippen LogP) is 4.11. The maximum absolute atomic E-state index is 10.8. The molecule has 0 fully saturated rings.